The van der Waals surface area contributed by atoms with Crippen molar-refractivity contribution in [3.8, 4) is 0 Å². The minimum atomic E-state index is 0.878. The van der Waals surface area contributed by atoms with E-state index in [1.807, 2.05) is 0 Å². The van der Waals surface area contributed by atoms with Gasteiger partial charge in [-0.3, -0.25) is 0 Å². The third-order valence-corrected chi connectivity index (χ3v) is 3.56. The summed E-state index contributed by atoms with van der Waals surface area (Å²) in [6.45, 7) is 15.1. The van der Waals surface area contributed by atoms with E-state index in [4.69, 9.17) is 0 Å². The van der Waals surface area contributed by atoms with Gasteiger partial charge in [-0.15, -0.1) is 0 Å². The van der Waals surface area contributed by atoms with Gasteiger partial charge in [-0.2, -0.15) is 0 Å². The lowest BCUT2D eigenvalue weighted by Crippen LogP contribution is -2.26. The molecule has 0 heterocycles. The van der Waals surface area contributed by atoms with Crippen LogP contribution in [0.2, 0.25) is 0 Å². The fraction of sp³-hybridized carbons (Fsp3) is 1.00. The maximum Gasteiger partial charge on any atom is -0.00185 e. The molecule has 0 aliphatic rings. The molecule has 0 spiro atoms. The molecule has 0 aliphatic carbocycles. The average molecular weight is 228 g/mol. The number of unbranched alkanes of at least 4 members (excludes halogenated alkanes) is 1. The molecule has 0 aromatic carbocycles. The van der Waals surface area contributed by atoms with E-state index in [0.29, 0.717) is 0 Å². The van der Waals surface area contributed by atoms with Gasteiger partial charge < -0.3 is 10.2 Å². The van der Waals surface area contributed by atoms with Gasteiger partial charge in [-0.25, -0.2) is 0 Å². The molecule has 0 fully saturated rings. The SMILES string of the molecule is CCC(CC)CNCCCCN(CC)CC. The van der Waals surface area contributed by atoms with E-state index < -0.39 is 0 Å². The predicted octanol–water partition coefficient (Wildman–Crippen LogP) is 3.13. The van der Waals surface area contributed by atoms with E-state index in [9.17, 15) is 0 Å². The second-order valence-electron chi connectivity index (χ2n) is 4.62. The van der Waals surface area contributed by atoms with Crippen LogP contribution in [-0.2, 0) is 0 Å². The van der Waals surface area contributed by atoms with E-state index in [1.54, 1.807) is 0 Å². The highest BCUT2D eigenvalue weighted by Crippen LogP contribution is 2.05. The molecular formula is C14H32N2. The first-order valence-corrected chi connectivity index (χ1v) is 7.21. The van der Waals surface area contributed by atoms with Gasteiger partial charge in [-0.05, 0) is 51.5 Å². The molecule has 98 valence electrons. The van der Waals surface area contributed by atoms with E-state index in [2.05, 4.69) is 37.9 Å². The molecule has 1 N–H and O–H groups in total. The van der Waals surface area contributed by atoms with Crippen molar-refractivity contribution in [2.45, 2.75) is 53.4 Å². The van der Waals surface area contributed by atoms with Crippen molar-refractivity contribution in [1.82, 2.24) is 10.2 Å². The van der Waals surface area contributed by atoms with Crippen molar-refractivity contribution in [2.24, 2.45) is 5.92 Å². The third-order valence-electron chi connectivity index (χ3n) is 3.56. The van der Waals surface area contributed by atoms with Crippen molar-refractivity contribution >= 4 is 0 Å². The van der Waals surface area contributed by atoms with Crippen LogP contribution in [0.4, 0.5) is 0 Å². The molecule has 0 aromatic heterocycles. The predicted molar refractivity (Wildman–Crippen MR) is 74.0 cm³/mol. The molecule has 0 rings (SSSR count). The smallest absolute Gasteiger partial charge is 0.00185 e. The summed E-state index contributed by atoms with van der Waals surface area (Å²) in [6.07, 6.45) is 5.26. The number of nitrogens with zero attached hydrogens (tertiary/aromatic N) is 1. The van der Waals surface area contributed by atoms with Crippen LogP contribution in [0.3, 0.4) is 0 Å². The van der Waals surface area contributed by atoms with E-state index >= 15 is 0 Å². The lowest BCUT2D eigenvalue weighted by molar-refractivity contribution is 0.295. The van der Waals surface area contributed by atoms with Gasteiger partial charge in [0.1, 0.15) is 0 Å². The third kappa shape index (κ3) is 8.12. The van der Waals surface area contributed by atoms with Crippen molar-refractivity contribution < 1.29 is 0 Å². The monoisotopic (exact) mass is 228 g/mol. The highest BCUT2D eigenvalue weighted by Gasteiger charge is 2.02. The number of hydrogen-bond donors (Lipinski definition) is 1. The molecule has 0 aliphatic heterocycles. The Kier molecular flexibility index (Phi) is 11.3. The Morgan fingerprint density at radius 3 is 2.06 bits per heavy atom. The number of hydrogen-bond acceptors (Lipinski definition) is 2. The van der Waals surface area contributed by atoms with Crippen LogP contribution in [-0.4, -0.2) is 37.6 Å². The molecule has 0 bridgehead atoms. The Hall–Kier alpha value is -0.0800. The molecule has 0 saturated heterocycles. The first-order chi connectivity index (χ1) is 7.78. The van der Waals surface area contributed by atoms with Gasteiger partial charge in [0, 0.05) is 0 Å². The molecule has 0 unspecified atom stereocenters. The van der Waals surface area contributed by atoms with Crippen LogP contribution >= 0.6 is 0 Å². The highest BCUT2D eigenvalue weighted by molar-refractivity contribution is 4.59. The maximum atomic E-state index is 3.58. The van der Waals surface area contributed by atoms with Gasteiger partial charge in [0.2, 0.25) is 0 Å². The lowest BCUT2D eigenvalue weighted by atomic mass is 10.0. The van der Waals surface area contributed by atoms with Crippen LogP contribution < -0.4 is 5.32 Å². The lowest BCUT2D eigenvalue weighted by Gasteiger charge is -2.18. The molecule has 2 heteroatoms. The summed E-state index contributed by atoms with van der Waals surface area (Å²) >= 11 is 0. The zero-order valence-electron chi connectivity index (χ0n) is 11.9. The Labute approximate surface area is 103 Å². The highest BCUT2D eigenvalue weighted by atomic mass is 15.1. The summed E-state index contributed by atoms with van der Waals surface area (Å²) in [5.41, 5.74) is 0. The molecule has 0 saturated carbocycles. The van der Waals surface area contributed by atoms with Crippen LogP contribution in [0.5, 0.6) is 0 Å². The number of rotatable bonds is 11. The standard InChI is InChI=1S/C14H32N2/c1-5-14(6-2)13-15-11-9-10-12-16(7-3)8-4/h14-15H,5-13H2,1-4H3. The topological polar surface area (TPSA) is 15.3 Å². The second kappa shape index (κ2) is 11.4. The Morgan fingerprint density at radius 1 is 0.938 bits per heavy atom. The van der Waals surface area contributed by atoms with E-state index in [-0.39, 0.29) is 0 Å². The fourth-order valence-electron chi connectivity index (χ4n) is 2.01. The van der Waals surface area contributed by atoms with E-state index in [1.165, 1.54) is 58.4 Å². The first-order valence-electron chi connectivity index (χ1n) is 7.21. The molecule has 2 nitrogen and oxygen atoms in total. The van der Waals surface area contributed by atoms with Crippen LogP contribution in [0.15, 0.2) is 0 Å². The summed E-state index contributed by atoms with van der Waals surface area (Å²) in [5.74, 6) is 0.878. The van der Waals surface area contributed by atoms with Gasteiger partial charge in [0.15, 0.2) is 0 Å². The minimum Gasteiger partial charge on any atom is -0.316 e. The quantitative estimate of drug-likeness (QED) is 0.547. The normalized spacial score (nSPS) is 11.6. The van der Waals surface area contributed by atoms with Gasteiger partial charge in [-0.1, -0.05) is 40.5 Å². The van der Waals surface area contributed by atoms with Gasteiger partial charge >= 0.3 is 0 Å². The molecule has 16 heavy (non-hydrogen) atoms. The zero-order valence-corrected chi connectivity index (χ0v) is 11.9. The summed E-state index contributed by atoms with van der Waals surface area (Å²) < 4.78 is 0. The molecule has 0 amide bonds. The second-order valence-corrected chi connectivity index (χ2v) is 4.62. The largest absolute Gasteiger partial charge is 0.316 e. The molecule has 0 atom stereocenters. The first kappa shape index (κ1) is 15.9. The summed E-state index contributed by atoms with van der Waals surface area (Å²) in [6, 6.07) is 0. The summed E-state index contributed by atoms with van der Waals surface area (Å²) in [4.78, 5) is 2.50. The molecular weight excluding hydrogens is 196 g/mol. The summed E-state index contributed by atoms with van der Waals surface area (Å²) in [7, 11) is 0. The number of nitrogens with one attached hydrogen (secondary N) is 1. The van der Waals surface area contributed by atoms with Crippen molar-refractivity contribution in [2.75, 3.05) is 32.7 Å². The van der Waals surface area contributed by atoms with Crippen molar-refractivity contribution in [3.63, 3.8) is 0 Å². The van der Waals surface area contributed by atoms with Crippen LogP contribution in [0, 0.1) is 5.92 Å². The summed E-state index contributed by atoms with van der Waals surface area (Å²) in [5, 5.41) is 3.58. The van der Waals surface area contributed by atoms with Crippen LogP contribution in [0.1, 0.15) is 53.4 Å². The zero-order chi connectivity index (χ0) is 12.2. The van der Waals surface area contributed by atoms with Gasteiger partial charge in [0.25, 0.3) is 0 Å². The van der Waals surface area contributed by atoms with Crippen molar-refractivity contribution in [1.29, 1.82) is 0 Å². The maximum absolute atomic E-state index is 3.58. The Balaban J connectivity index is 3.26. The minimum absolute atomic E-state index is 0.878. The van der Waals surface area contributed by atoms with Crippen LogP contribution in [0.25, 0.3) is 0 Å². The average Bonchev–Trinajstić information content (AvgIpc) is 2.33. The van der Waals surface area contributed by atoms with Crippen molar-refractivity contribution in [3.05, 3.63) is 0 Å². The van der Waals surface area contributed by atoms with Gasteiger partial charge in [0.05, 0.1) is 0 Å². The molecule has 0 aromatic rings. The molecule has 0 radical (unpaired) electrons. The fourth-order valence-corrected chi connectivity index (χ4v) is 2.01. The van der Waals surface area contributed by atoms with E-state index in [0.717, 1.165) is 5.92 Å². The Bertz CT molecular complexity index is 113. The Morgan fingerprint density at radius 2 is 1.56 bits per heavy atom.